The lowest BCUT2D eigenvalue weighted by Crippen LogP contribution is -2.15. The number of rotatable bonds is 18. The van der Waals surface area contributed by atoms with Crippen LogP contribution in [-0.4, -0.2) is 23.1 Å². The number of esters is 1. The number of carboxylic acid groups (broad SMARTS) is 1. The van der Waals surface area contributed by atoms with Crippen LogP contribution in [0.5, 0.6) is 0 Å². The van der Waals surface area contributed by atoms with Crippen molar-refractivity contribution < 1.29 is 19.4 Å². The van der Waals surface area contributed by atoms with Gasteiger partial charge in [-0.3, -0.25) is 9.59 Å². The maximum Gasteiger partial charge on any atom is 0.306 e. The predicted octanol–water partition coefficient (Wildman–Crippen LogP) is 6.43. The van der Waals surface area contributed by atoms with Crippen molar-refractivity contribution in [2.75, 3.05) is 0 Å². The highest BCUT2D eigenvalue weighted by Gasteiger charge is 2.10. The standard InChI is InChI=1S/C22H40O4/c1-3-5-6-7-8-9-10-13-17-20(26-22(25)16-4-2)18-14-11-12-15-19-21(23)24/h13,17,20H,3-12,14-16,18-19H2,1-2H3,(H,23,24)/b17-13-. The molecule has 0 rings (SSSR count). The maximum absolute atomic E-state index is 11.8. The van der Waals surface area contributed by atoms with Gasteiger partial charge in [-0.25, -0.2) is 0 Å². The molecule has 0 spiro atoms. The van der Waals surface area contributed by atoms with Crippen molar-refractivity contribution in [3.63, 3.8) is 0 Å². The molecule has 0 aliphatic rings. The molecule has 0 saturated carbocycles. The summed E-state index contributed by atoms with van der Waals surface area (Å²) in [5, 5.41) is 8.64. The molecule has 0 fully saturated rings. The van der Waals surface area contributed by atoms with Crippen LogP contribution in [0.2, 0.25) is 0 Å². The van der Waals surface area contributed by atoms with Gasteiger partial charge in [-0.2, -0.15) is 0 Å². The Hall–Kier alpha value is -1.32. The number of hydrogen-bond donors (Lipinski definition) is 1. The number of aliphatic carboxylic acids is 1. The van der Waals surface area contributed by atoms with E-state index in [0.29, 0.717) is 6.42 Å². The molecule has 0 radical (unpaired) electrons. The van der Waals surface area contributed by atoms with Crippen molar-refractivity contribution in [1.82, 2.24) is 0 Å². The normalized spacial score (nSPS) is 12.4. The Kier molecular flexibility index (Phi) is 17.5. The van der Waals surface area contributed by atoms with Crippen LogP contribution in [0, 0.1) is 0 Å². The van der Waals surface area contributed by atoms with Crippen LogP contribution in [0.15, 0.2) is 12.2 Å². The van der Waals surface area contributed by atoms with Crippen LogP contribution < -0.4 is 0 Å². The van der Waals surface area contributed by atoms with Crippen molar-refractivity contribution in [3.05, 3.63) is 12.2 Å². The van der Waals surface area contributed by atoms with Crippen molar-refractivity contribution >= 4 is 11.9 Å². The van der Waals surface area contributed by atoms with Gasteiger partial charge in [-0.1, -0.05) is 64.9 Å². The molecule has 0 amide bonds. The van der Waals surface area contributed by atoms with Crippen LogP contribution in [0.4, 0.5) is 0 Å². The first-order valence-corrected chi connectivity index (χ1v) is 10.7. The lowest BCUT2D eigenvalue weighted by molar-refractivity contribution is -0.147. The molecule has 0 aliphatic heterocycles. The van der Waals surface area contributed by atoms with Crippen molar-refractivity contribution in [3.8, 4) is 0 Å². The van der Waals surface area contributed by atoms with Crippen LogP contribution in [0.25, 0.3) is 0 Å². The maximum atomic E-state index is 11.8. The lowest BCUT2D eigenvalue weighted by atomic mass is 10.1. The summed E-state index contributed by atoms with van der Waals surface area (Å²) in [6, 6.07) is 0. The fourth-order valence-corrected chi connectivity index (χ4v) is 2.89. The van der Waals surface area contributed by atoms with E-state index in [1.807, 2.05) is 6.92 Å². The van der Waals surface area contributed by atoms with Crippen molar-refractivity contribution in [2.45, 2.75) is 116 Å². The first-order valence-electron chi connectivity index (χ1n) is 10.7. The molecule has 1 unspecified atom stereocenters. The quantitative estimate of drug-likeness (QED) is 0.172. The van der Waals surface area contributed by atoms with Gasteiger partial charge in [-0.15, -0.1) is 0 Å². The first-order chi connectivity index (χ1) is 12.6. The molecule has 0 aromatic carbocycles. The minimum Gasteiger partial charge on any atom is -0.481 e. The van der Waals surface area contributed by atoms with E-state index in [1.165, 1.54) is 38.5 Å². The number of unbranched alkanes of at least 4 members (excludes halogenated alkanes) is 9. The second-order valence-electron chi connectivity index (χ2n) is 7.11. The van der Waals surface area contributed by atoms with Gasteiger partial charge in [0, 0.05) is 12.8 Å². The largest absolute Gasteiger partial charge is 0.481 e. The molecular weight excluding hydrogens is 328 g/mol. The van der Waals surface area contributed by atoms with Gasteiger partial charge in [0.25, 0.3) is 0 Å². The Balaban J connectivity index is 4.03. The summed E-state index contributed by atoms with van der Waals surface area (Å²) in [4.78, 5) is 22.3. The van der Waals surface area contributed by atoms with E-state index in [2.05, 4.69) is 19.1 Å². The number of carbonyl (C=O) groups is 2. The summed E-state index contributed by atoms with van der Waals surface area (Å²) in [5.41, 5.74) is 0. The number of ether oxygens (including phenoxy) is 1. The molecule has 0 aliphatic carbocycles. The SMILES string of the molecule is CCCCCCCC/C=C\C(CCCCCCC(=O)O)OC(=O)CCC. The topological polar surface area (TPSA) is 63.6 Å². The fraction of sp³-hybridized carbons (Fsp3) is 0.818. The van der Waals surface area contributed by atoms with Crippen LogP contribution in [-0.2, 0) is 14.3 Å². The minimum absolute atomic E-state index is 0.118. The molecule has 1 N–H and O–H groups in total. The lowest BCUT2D eigenvalue weighted by Gasteiger charge is -2.14. The molecule has 0 bridgehead atoms. The third-order valence-corrected chi connectivity index (χ3v) is 4.44. The molecule has 1 atom stereocenters. The molecule has 26 heavy (non-hydrogen) atoms. The Morgan fingerprint density at radius 2 is 1.50 bits per heavy atom. The highest BCUT2D eigenvalue weighted by molar-refractivity contribution is 5.69. The first kappa shape index (κ1) is 24.7. The predicted molar refractivity (Wildman–Crippen MR) is 107 cm³/mol. The van der Waals surface area contributed by atoms with Crippen LogP contribution in [0.3, 0.4) is 0 Å². The van der Waals surface area contributed by atoms with E-state index in [1.54, 1.807) is 0 Å². The van der Waals surface area contributed by atoms with E-state index in [0.717, 1.165) is 44.9 Å². The summed E-state index contributed by atoms with van der Waals surface area (Å²) in [6.45, 7) is 4.21. The molecule has 0 saturated heterocycles. The highest BCUT2D eigenvalue weighted by Crippen LogP contribution is 2.13. The van der Waals surface area contributed by atoms with Gasteiger partial charge in [0.05, 0.1) is 0 Å². The molecule has 0 aromatic rings. The Labute approximate surface area is 160 Å². The minimum atomic E-state index is -0.728. The Bertz CT molecular complexity index is 376. The number of allylic oxidation sites excluding steroid dienone is 1. The van der Waals surface area contributed by atoms with E-state index in [9.17, 15) is 9.59 Å². The van der Waals surface area contributed by atoms with Crippen molar-refractivity contribution in [1.29, 1.82) is 0 Å². The molecule has 0 aromatic heterocycles. The van der Waals surface area contributed by atoms with E-state index in [4.69, 9.17) is 9.84 Å². The van der Waals surface area contributed by atoms with Gasteiger partial charge in [0.2, 0.25) is 0 Å². The zero-order valence-corrected chi connectivity index (χ0v) is 17.0. The summed E-state index contributed by atoms with van der Waals surface area (Å²) >= 11 is 0. The fourth-order valence-electron chi connectivity index (χ4n) is 2.89. The molecular formula is C22H40O4. The average Bonchev–Trinajstić information content (AvgIpc) is 2.59. The zero-order chi connectivity index (χ0) is 19.5. The second-order valence-corrected chi connectivity index (χ2v) is 7.11. The van der Waals surface area contributed by atoms with Crippen LogP contribution >= 0.6 is 0 Å². The van der Waals surface area contributed by atoms with Crippen LogP contribution in [0.1, 0.15) is 110 Å². The van der Waals surface area contributed by atoms with E-state index < -0.39 is 5.97 Å². The van der Waals surface area contributed by atoms with Gasteiger partial charge in [0.15, 0.2) is 0 Å². The van der Waals surface area contributed by atoms with Gasteiger partial charge in [0.1, 0.15) is 6.10 Å². The summed E-state index contributed by atoms with van der Waals surface area (Å²) in [6.07, 6.45) is 18.8. The smallest absolute Gasteiger partial charge is 0.306 e. The van der Waals surface area contributed by atoms with Gasteiger partial charge >= 0.3 is 11.9 Å². The molecule has 4 nitrogen and oxygen atoms in total. The van der Waals surface area contributed by atoms with E-state index in [-0.39, 0.29) is 18.5 Å². The summed E-state index contributed by atoms with van der Waals surface area (Å²) in [5.74, 6) is -0.846. The molecule has 152 valence electrons. The summed E-state index contributed by atoms with van der Waals surface area (Å²) in [7, 11) is 0. The highest BCUT2D eigenvalue weighted by atomic mass is 16.5. The third kappa shape index (κ3) is 17.5. The monoisotopic (exact) mass is 368 g/mol. The number of carbonyl (C=O) groups excluding carboxylic acids is 1. The average molecular weight is 369 g/mol. The third-order valence-electron chi connectivity index (χ3n) is 4.44. The number of hydrogen-bond acceptors (Lipinski definition) is 3. The number of carboxylic acids is 1. The van der Waals surface area contributed by atoms with Gasteiger partial charge < -0.3 is 9.84 Å². The Morgan fingerprint density at radius 3 is 2.19 bits per heavy atom. The zero-order valence-electron chi connectivity index (χ0n) is 17.0. The Morgan fingerprint density at radius 1 is 0.846 bits per heavy atom. The second kappa shape index (κ2) is 18.5. The summed E-state index contributed by atoms with van der Waals surface area (Å²) < 4.78 is 5.58. The molecule has 0 heterocycles. The van der Waals surface area contributed by atoms with E-state index >= 15 is 0 Å². The van der Waals surface area contributed by atoms with Gasteiger partial charge in [-0.05, 0) is 44.6 Å². The molecule has 4 heteroatoms. The van der Waals surface area contributed by atoms with Crippen molar-refractivity contribution in [2.24, 2.45) is 0 Å².